The monoisotopic (exact) mass is 218 g/mol. The fourth-order valence-corrected chi connectivity index (χ4v) is 1.26. The lowest BCUT2D eigenvalue weighted by atomic mass is 10.2. The maximum absolute atomic E-state index is 11.7. The highest BCUT2D eigenvalue weighted by molar-refractivity contribution is 6.04. The van der Waals surface area contributed by atoms with Gasteiger partial charge in [-0.3, -0.25) is 4.79 Å². The number of anilines is 1. The van der Waals surface area contributed by atoms with E-state index >= 15 is 0 Å². The van der Waals surface area contributed by atoms with E-state index in [1.165, 1.54) is 12.5 Å². The second-order valence-corrected chi connectivity index (χ2v) is 3.07. The molecule has 0 saturated carbocycles. The van der Waals surface area contributed by atoms with Gasteiger partial charge in [0.2, 0.25) is 0 Å². The van der Waals surface area contributed by atoms with Gasteiger partial charge < -0.3 is 14.6 Å². The summed E-state index contributed by atoms with van der Waals surface area (Å²) in [4.78, 5) is 11.7. The summed E-state index contributed by atoms with van der Waals surface area (Å²) < 4.78 is 9.70. The van der Waals surface area contributed by atoms with Gasteiger partial charge in [-0.1, -0.05) is 17.3 Å². The van der Waals surface area contributed by atoms with Gasteiger partial charge in [-0.15, -0.1) is 0 Å². The van der Waals surface area contributed by atoms with Crippen LogP contribution in [0.2, 0.25) is 0 Å². The zero-order valence-corrected chi connectivity index (χ0v) is 8.64. The summed E-state index contributed by atoms with van der Waals surface area (Å²) >= 11 is 0. The van der Waals surface area contributed by atoms with Crippen molar-refractivity contribution in [3.63, 3.8) is 0 Å². The molecule has 82 valence electrons. The van der Waals surface area contributed by atoms with Crippen molar-refractivity contribution in [2.45, 2.75) is 0 Å². The zero-order valence-electron chi connectivity index (χ0n) is 8.64. The Morgan fingerprint density at radius 3 is 2.94 bits per heavy atom. The fourth-order valence-electron chi connectivity index (χ4n) is 1.26. The van der Waals surface area contributed by atoms with Crippen molar-refractivity contribution >= 4 is 11.6 Å². The predicted molar refractivity (Wildman–Crippen MR) is 57.5 cm³/mol. The number of methoxy groups -OCH3 is 1. The van der Waals surface area contributed by atoms with E-state index < -0.39 is 0 Å². The average Bonchev–Trinajstić information content (AvgIpc) is 2.83. The summed E-state index contributed by atoms with van der Waals surface area (Å²) in [6.45, 7) is 0. The average molecular weight is 218 g/mol. The van der Waals surface area contributed by atoms with Crippen LogP contribution in [0.15, 0.2) is 41.2 Å². The van der Waals surface area contributed by atoms with Gasteiger partial charge in [-0.2, -0.15) is 0 Å². The number of nitrogens with one attached hydrogen (secondary N) is 1. The van der Waals surface area contributed by atoms with Crippen LogP contribution in [0.3, 0.4) is 0 Å². The van der Waals surface area contributed by atoms with Crippen LogP contribution in [0.5, 0.6) is 5.75 Å². The first kappa shape index (κ1) is 10.2. The molecule has 0 spiro atoms. The lowest BCUT2D eigenvalue weighted by Crippen LogP contribution is -2.11. The van der Waals surface area contributed by atoms with Crippen molar-refractivity contribution in [1.82, 2.24) is 5.16 Å². The Bertz CT molecular complexity index is 480. The number of aromatic nitrogens is 1. The van der Waals surface area contributed by atoms with Gasteiger partial charge in [0.1, 0.15) is 12.0 Å². The normalized spacial score (nSPS) is 9.81. The van der Waals surface area contributed by atoms with Crippen molar-refractivity contribution in [2.24, 2.45) is 0 Å². The number of nitrogens with zero attached hydrogens (tertiary/aromatic N) is 1. The Labute approximate surface area is 92.0 Å². The first-order chi connectivity index (χ1) is 7.81. The number of para-hydroxylation sites is 2. The van der Waals surface area contributed by atoms with Crippen molar-refractivity contribution in [2.75, 3.05) is 12.4 Å². The molecule has 0 aliphatic rings. The molecule has 0 fully saturated rings. The van der Waals surface area contributed by atoms with Gasteiger partial charge in [0.05, 0.1) is 24.6 Å². The summed E-state index contributed by atoms with van der Waals surface area (Å²) in [5.41, 5.74) is 0.974. The molecule has 0 atom stereocenters. The molecule has 0 aliphatic carbocycles. The van der Waals surface area contributed by atoms with Crippen LogP contribution >= 0.6 is 0 Å². The highest BCUT2D eigenvalue weighted by atomic mass is 16.5. The minimum atomic E-state index is -0.286. The number of carbonyl (C=O) groups excluding carboxylic acids is 1. The van der Waals surface area contributed by atoms with E-state index in [0.29, 0.717) is 17.0 Å². The minimum Gasteiger partial charge on any atom is -0.495 e. The third kappa shape index (κ3) is 2.03. The van der Waals surface area contributed by atoms with Gasteiger partial charge in [-0.25, -0.2) is 0 Å². The number of hydrogen-bond acceptors (Lipinski definition) is 4. The van der Waals surface area contributed by atoms with E-state index in [1.807, 2.05) is 12.1 Å². The Kier molecular flexibility index (Phi) is 2.86. The standard InChI is InChI=1S/C11H10N2O3/c1-15-10-5-3-2-4-9(10)13-11(14)8-6-12-16-7-8/h2-7H,1H3,(H,13,14). The van der Waals surface area contributed by atoms with E-state index in [1.54, 1.807) is 19.2 Å². The van der Waals surface area contributed by atoms with Crippen LogP contribution in [-0.2, 0) is 0 Å². The Hall–Kier alpha value is -2.30. The second kappa shape index (κ2) is 4.48. The quantitative estimate of drug-likeness (QED) is 0.854. The predicted octanol–water partition coefficient (Wildman–Crippen LogP) is 1.94. The molecular formula is C11H10N2O3. The van der Waals surface area contributed by atoms with Gasteiger partial charge in [0, 0.05) is 0 Å². The molecule has 1 aromatic heterocycles. The Morgan fingerprint density at radius 2 is 2.25 bits per heavy atom. The first-order valence-corrected chi connectivity index (χ1v) is 4.65. The molecule has 1 aromatic carbocycles. The van der Waals surface area contributed by atoms with Crippen LogP contribution in [0.4, 0.5) is 5.69 Å². The molecule has 1 N–H and O–H groups in total. The van der Waals surface area contributed by atoms with Crippen molar-refractivity contribution in [1.29, 1.82) is 0 Å². The molecule has 2 aromatic rings. The van der Waals surface area contributed by atoms with E-state index in [9.17, 15) is 4.79 Å². The largest absolute Gasteiger partial charge is 0.495 e. The van der Waals surface area contributed by atoms with Crippen LogP contribution in [0.25, 0.3) is 0 Å². The van der Waals surface area contributed by atoms with Gasteiger partial charge in [-0.05, 0) is 12.1 Å². The molecule has 1 amide bonds. The fraction of sp³-hybridized carbons (Fsp3) is 0.0909. The number of benzene rings is 1. The highest BCUT2D eigenvalue weighted by Gasteiger charge is 2.10. The highest BCUT2D eigenvalue weighted by Crippen LogP contribution is 2.23. The molecule has 1 heterocycles. The van der Waals surface area contributed by atoms with Crippen LogP contribution in [-0.4, -0.2) is 18.2 Å². The number of hydrogen-bond donors (Lipinski definition) is 1. The van der Waals surface area contributed by atoms with Gasteiger partial charge in [0.15, 0.2) is 0 Å². The maximum atomic E-state index is 11.7. The first-order valence-electron chi connectivity index (χ1n) is 4.65. The molecule has 5 nitrogen and oxygen atoms in total. The van der Waals surface area contributed by atoms with E-state index in [2.05, 4.69) is 15.0 Å². The summed E-state index contributed by atoms with van der Waals surface area (Å²) in [7, 11) is 1.55. The van der Waals surface area contributed by atoms with E-state index in [-0.39, 0.29) is 5.91 Å². The van der Waals surface area contributed by atoms with Gasteiger partial charge >= 0.3 is 0 Å². The number of amides is 1. The van der Waals surface area contributed by atoms with Crippen LogP contribution in [0.1, 0.15) is 10.4 Å². The molecule has 0 bridgehead atoms. The second-order valence-electron chi connectivity index (χ2n) is 3.07. The smallest absolute Gasteiger partial charge is 0.260 e. The Morgan fingerprint density at radius 1 is 1.44 bits per heavy atom. The molecule has 0 aliphatic heterocycles. The van der Waals surface area contributed by atoms with E-state index in [0.717, 1.165) is 0 Å². The molecule has 2 rings (SSSR count). The van der Waals surface area contributed by atoms with Crippen LogP contribution < -0.4 is 10.1 Å². The van der Waals surface area contributed by atoms with Crippen LogP contribution in [0, 0.1) is 0 Å². The van der Waals surface area contributed by atoms with Crippen molar-refractivity contribution in [3.05, 3.63) is 42.3 Å². The number of rotatable bonds is 3. The molecular weight excluding hydrogens is 208 g/mol. The van der Waals surface area contributed by atoms with E-state index in [4.69, 9.17) is 4.74 Å². The third-order valence-corrected chi connectivity index (χ3v) is 2.05. The SMILES string of the molecule is COc1ccccc1NC(=O)c1cnoc1. The number of ether oxygens (including phenoxy) is 1. The minimum absolute atomic E-state index is 0.286. The molecule has 0 radical (unpaired) electrons. The zero-order chi connectivity index (χ0) is 11.4. The summed E-state index contributed by atoms with van der Waals surface area (Å²) in [6, 6.07) is 7.16. The molecule has 5 heteroatoms. The molecule has 16 heavy (non-hydrogen) atoms. The topological polar surface area (TPSA) is 64.4 Å². The summed E-state index contributed by atoms with van der Waals surface area (Å²) in [5, 5.41) is 6.16. The molecule has 0 unspecified atom stereocenters. The molecule has 0 saturated heterocycles. The summed E-state index contributed by atoms with van der Waals surface area (Å²) in [6.07, 6.45) is 2.63. The third-order valence-electron chi connectivity index (χ3n) is 2.05. The van der Waals surface area contributed by atoms with Crippen molar-refractivity contribution < 1.29 is 14.1 Å². The van der Waals surface area contributed by atoms with Crippen molar-refractivity contribution in [3.8, 4) is 5.75 Å². The lowest BCUT2D eigenvalue weighted by molar-refractivity contribution is 0.102. The lowest BCUT2D eigenvalue weighted by Gasteiger charge is -2.08. The Balaban J connectivity index is 2.18. The maximum Gasteiger partial charge on any atom is 0.260 e. The number of carbonyl (C=O) groups is 1. The van der Waals surface area contributed by atoms with Gasteiger partial charge in [0.25, 0.3) is 5.91 Å². The summed E-state index contributed by atoms with van der Waals surface area (Å²) in [5.74, 6) is 0.318.